The number of carbonyl (C=O) groups excluding carboxylic acids is 2. The van der Waals surface area contributed by atoms with Gasteiger partial charge in [0.1, 0.15) is 24.7 Å². The van der Waals surface area contributed by atoms with Crippen molar-refractivity contribution in [3.63, 3.8) is 0 Å². The van der Waals surface area contributed by atoms with E-state index in [9.17, 15) is 9.59 Å². The maximum atomic E-state index is 13.3. The molecule has 0 atom stereocenters. The van der Waals surface area contributed by atoms with Gasteiger partial charge >= 0.3 is 5.97 Å². The summed E-state index contributed by atoms with van der Waals surface area (Å²) in [5.41, 5.74) is 1.53. The maximum absolute atomic E-state index is 13.3. The number of carbonyl (C=O) groups is 2. The number of nitrogens with zero attached hydrogens (tertiary/aromatic N) is 1. The van der Waals surface area contributed by atoms with Crippen molar-refractivity contribution in [3.05, 3.63) is 53.6 Å². The van der Waals surface area contributed by atoms with Gasteiger partial charge in [0.2, 0.25) is 0 Å². The van der Waals surface area contributed by atoms with Gasteiger partial charge in [0.05, 0.1) is 38.9 Å². The first-order valence-corrected chi connectivity index (χ1v) is 17.2. The van der Waals surface area contributed by atoms with Crippen LogP contribution in [0.4, 0.5) is 5.69 Å². The number of amides is 1. The molecular weight excluding hydrogens is 552 g/mol. The number of esters is 1. The first kappa shape index (κ1) is 37.1. The minimum atomic E-state index is -0.357. The number of benzene rings is 2. The zero-order valence-electron chi connectivity index (χ0n) is 28.3. The first-order chi connectivity index (χ1) is 21.3. The van der Waals surface area contributed by atoms with Crippen LogP contribution >= 0.6 is 0 Å². The van der Waals surface area contributed by atoms with Crippen LogP contribution in [0.3, 0.4) is 0 Å². The molecular formula is C37H59N2O5+. The van der Waals surface area contributed by atoms with Crippen molar-refractivity contribution in [2.24, 2.45) is 0 Å². The van der Waals surface area contributed by atoms with E-state index in [1.165, 1.54) is 51.4 Å². The third-order valence-corrected chi connectivity index (χ3v) is 8.45. The molecule has 0 aliphatic heterocycles. The van der Waals surface area contributed by atoms with E-state index in [1.807, 2.05) is 6.07 Å². The van der Waals surface area contributed by atoms with Gasteiger partial charge < -0.3 is 24.0 Å². The number of hydrogen-bond donors (Lipinski definition) is 1. The van der Waals surface area contributed by atoms with Crippen LogP contribution in [0, 0.1) is 0 Å². The van der Waals surface area contributed by atoms with Gasteiger partial charge in [0, 0.05) is 17.3 Å². The lowest BCUT2D eigenvalue weighted by atomic mass is 10.1. The van der Waals surface area contributed by atoms with Crippen molar-refractivity contribution in [2.75, 3.05) is 51.8 Å². The Morgan fingerprint density at radius 2 is 1.14 bits per heavy atom. The van der Waals surface area contributed by atoms with E-state index in [2.05, 4.69) is 40.1 Å². The lowest BCUT2D eigenvalue weighted by Gasteiger charge is -2.31. The summed E-state index contributed by atoms with van der Waals surface area (Å²) in [7, 11) is 2.16. The Hall–Kier alpha value is -3.06. The van der Waals surface area contributed by atoms with Crippen LogP contribution in [0.2, 0.25) is 0 Å². The average molecular weight is 612 g/mol. The molecule has 0 aliphatic rings. The van der Waals surface area contributed by atoms with Crippen LogP contribution in [0.5, 0.6) is 11.5 Å². The summed E-state index contributed by atoms with van der Waals surface area (Å²) in [6.45, 7) is 13.1. The van der Waals surface area contributed by atoms with Crippen LogP contribution < -0.4 is 14.8 Å². The fraction of sp³-hybridized carbons (Fsp3) is 0.622. The fourth-order valence-corrected chi connectivity index (χ4v) is 4.89. The molecule has 7 heteroatoms. The molecule has 0 heterocycles. The predicted molar refractivity (Wildman–Crippen MR) is 181 cm³/mol. The van der Waals surface area contributed by atoms with Crippen molar-refractivity contribution in [2.45, 2.75) is 105 Å². The largest absolute Gasteiger partial charge is 0.493 e. The van der Waals surface area contributed by atoms with Gasteiger partial charge in [-0.3, -0.25) is 4.79 Å². The van der Waals surface area contributed by atoms with Crippen LogP contribution in [0.1, 0.15) is 125 Å². The number of likely N-dealkylation sites (N-methyl/N-ethyl adjacent to an activating group) is 1. The van der Waals surface area contributed by atoms with Crippen molar-refractivity contribution in [3.8, 4) is 11.5 Å². The van der Waals surface area contributed by atoms with E-state index in [-0.39, 0.29) is 11.9 Å². The standard InChI is InChI=1S/C37H58N2O5/c1-6-10-12-14-16-18-25-42-34-28-32(29-35(30-34)43-26-19-17-15-13-11-7-2)36(40)38-33-22-20-31(21-23-33)37(41)44-27-24-39(5,8-3)9-4/h20-23,28-30H,6-19,24-27H2,1-5H3/p+1. The zero-order chi connectivity index (χ0) is 32.0. The lowest BCUT2D eigenvalue weighted by Crippen LogP contribution is -2.46. The summed E-state index contributed by atoms with van der Waals surface area (Å²) in [6, 6.07) is 12.2. The third kappa shape index (κ3) is 14.6. The number of nitrogens with one attached hydrogen (secondary N) is 1. The SMILES string of the molecule is CCCCCCCCOc1cc(OCCCCCCCC)cc(C(=O)Nc2ccc(C(=O)OCC[N+](C)(CC)CC)cc2)c1. The summed E-state index contributed by atoms with van der Waals surface area (Å²) in [5, 5.41) is 2.94. The van der Waals surface area contributed by atoms with Crippen LogP contribution in [-0.4, -0.2) is 62.9 Å². The molecule has 0 aliphatic carbocycles. The summed E-state index contributed by atoms with van der Waals surface area (Å²) < 4.78 is 18.5. The van der Waals surface area contributed by atoms with Gasteiger partial charge in [-0.2, -0.15) is 0 Å². The van der Waals surface area contributed by atoms with Crippen LogP contribution in [-0.2, 0) is 4.74 Å². The van der Waals surface area contributed by atoms with Crippen LogP contribution in [0.15, 0.2) is 42.5 Å². The van der Waals surface area contributed by atoms with E-state index in [4.69, 9.17) is 14.2 Å². The van der Waals surface area contributed by atoms with Gasteiger partial charge in [0.15, 0.2) is 0 Å². The zero-order valence-corrected chi connectivity index (χ0v) is 28.3. The van der Waals surface area contributed by atoms with Gasteiger partial charge in [-0.05, 0) is 63.1 Å². The van der Waals surface area contributed by atoms with E-state index >= 15 is 0 Å². The molecule has 0 saturated heterocycles. The summed E-state index contributed by atoms with van der Waals surface area (Å²) >= 11 is 0. The highest BCUT2D eigenvalue weighted by atomic mass is 16.5. The Morgan fingerprint density at radius 1 is 0.636 bits per heavy atom. The predicted octanol–water partition coefficient (Wildman–Crippen LogP) is 9.06. The Labute approximate surface area is 267 Å². The Bertz CT molecular complexity index is 1050. The molecule has 1 N–H and O–H groups in total. The fourth-order valence-electron chi connectivity index (χ4n) is 4.89. The Balaban J connectivity index is 1.98. The Morgan fingerprint density at radius 3 is 1.64 bits per heavy atom. The molecule has 2 aromatic rings. The van der Waals surface area contributed by atoms with Crippen molar-refractivity contribution < 1.29 is 28.3 Å². The smallest absolute Gasteiger partial charge is 0.338 e. The molecule has 0 radical (unpaired) electrons. The van der Waals surface area contributed by atoms with E-state index in [0.29, 0.717) is 48.1 Å². The molecule has 0 aromatic heterocycles. The number of rotatable bonds is 24. The van der Waals surface area contributed by atoms with E-state index in [0.717, 1.165) is 49.8 Å². The monoisotopic (exact) mass is 611 g/mol. The normalized spacial score (nSPS) is 11.3. The number of quaternary nitrogens is 1. The minimum absolute atomic E-state index is 0.258. The molecule has 1 amide bonds. The third-order valence-electron chi connectivity index (χ3n) is 8.45. The summed E-state index contributed by atoms with van der Waals surface area (Å²) in [6.07, 6.45) is 14.3. The number of anilines is 1. The number of unbranched alkanes of at least 4 members (excludes halogenated alkanes) is 10. The second-order valence-electron chi connectivity index (χ2n) is 12.1. The van der Waals surface area contributed by atoms with Gasteiger partial charge in [-0.1, -0.05) is 78.1 Å². The molecule has 0 bridgehead atoms. The van der Waals surface area contributed by atoms with Gasteiger partial charge in [-0.25, -0.2) is 4.79 Å². The second kappa shape index (κ2) is 21.6. The first-order valence-electron chi connectivity index (χ1n) is 17.2. The van der Waals surface area contributed by atoms with E-state index in [1.54, 1.807) is 36.4 Å². The van der Waals surface area contributed by atoms with Gasteiger partial charge in [-0.15, -0.1) is 0 Å². The molecule has 0 unspecified atom stereocenters. The minimum Gasteiger partial charge on any atom is -0.493 e. The number of hydrogen-bond acceptors (Lipinski definition) is 5. The van der Waals surface area contributed by atoms with Crippen molar-refractivity contribution >= 4 is 17.6 Å². The molecule has 7 nitrogen and oxygen atoms in total. The molecule has 246 valence electrons. The lowest BCUT2D eigenvalue weighted by molar-refractivity contribution is -0.906. The molecule has 0 fully saturated rings. The van der Waals surface area contributed by atoms with Crippen molar-refractivity contribution in [1.82, 2.24) is 0 Å². The summed E-state index contributed by atoms with van der Waals surface area (Å²) in [5.74, 6) is 0.668. The number of ether oxygens (including phenoxy) is 3. The second-order valence-corrected chi connectivity index (χ2v) is 12.1. The average Bonchev–Trinajstić information content (AvgIpc) is 3.04. The molecule has 44 heavy (non-hydrogen) atoms. The van der Waals surface area contributed by atoms with Crippen LogP contribution in [0.25, 0.3) is 0 Å². The van der Waals surface area contributed by atoms with E-state index < -0.39 is 0 Å². The van der Waals surface area contributed by atoms with Gasteiger partial charge in [0.25, 0.3) is 5.91 Å². The molecule has 0 saturated carbocycles. The topological polar surface area (TPSA) is 73.9 Å². The quantitative estimate of drug-likeness (QED) is 0.0728. The Kier molecular flexibility index (Phi) is 18.2. The van der Waals surface area contributed by atoms with Crippen molar-refractivity contribution in [1.29, 1.82) is 0 Å². The molecule has 2 rings (SSSR count). The molecule has 0 spiro atoms. The highest BCUT2D eigenvalue weighted by Gasteiger charge is 2.18. The summed E-state index contributed by atoms with van der Waals surface area (Å²) in [4.78, 5) is 25.8. The molecule has 2 aromatic carbocycles. The maximum Gasteiger partial charge on any atom is 0.338 e. The highest BCUT2D eigenvalue weighted by molar-refractivity contribution is 6.05. The highest BCUT2D eigenvalue weighted by Crippen LogP contribution is 2.25.